The Bertz CT molecular complexity index is 373. The molecule has 0 heterocycles. The van der Waals surface area contributed by atoms with Crippen LogP contribution in [-0.2, 0) is 0 Å². The van der Waals surface area contributed by atoms with E-state index in [1.54, 1.807) is 5.57 Å². The third kappa shape index (κ3) is 2.55. The van der Waals surface area contributed by atoms with Gasteiger partial charge in [0.1, 0.15) is 0 Å². The number of benzene rings is 1. The average Bonchev–Trinajstić information content (AvgIpc) is 2.31. The van der Waals surface area contributed by atoms with E-state index in [9.17, 15) is 0 Å². The smallest absolute Gasteiger partial charge is 0.0198 e. The van der Waals surface area contributed by atoms with Crippen molar-refractivity contribution in [3.63, 3.8) is 0 Å². The quantitative estimate of drug-likeness (QED) is 0.665. The van der Waals surface area contributed by atoms with Gasteiger partial charge in [0.2, 0.25) is 0 Å². The van der Waals surface area contributed by atoms with Gasteiger partial charge >= 0.3 is 0 Å². The van der Waals surface area contributed by atoms with Gasteiger partial charge in [-0.2, -0.15) is 0 Å². The lowest BCUT2D eigenvalue weighted by Crippen LogP contribution is -2.05. The summed E-state index contributed by atoms with van der Waals surface area (Å²) in [4.78, 5) is 0. The molecular formula is C16H22. The Morgan fingerprint density at radius 1 is 1.25 bits per heavy atom. The van der Waals surface area contributed by atoms with Gasteiger partial charge in [0.05, 0.1) is 0 Å². The van der Waals surface area contributed by atoms with Crippen LogP contribution in [0.25, 0.3) is 5.57 Å². The predicted octanol–water partition coefficient (Wildman–Crippen LogP) is 4.98. The summed E-state index contributed by atoms with van der Waals surface area (Å²) in [6.07, 6.45) is 9.16. The first-order chi connectivity index (χ1) is 7.81. The Balaban J connectivity index is 2.10. The van der Waals surface area contributed by atoms with E-state index in [2.05, 4.69) is 44.2 Å². The first-order valence-corrected chi connectivity index (χ1v) is 6.56. The third-order valence-electron chi connectivity index (χ3n) is 3.71. The first kappa shape index (κ1) is 11.4. The zero-order chi connectivity index (χ0) is 11.4. The first-order valence-electron chi connectivity index (χ1n) is 6.56. The normalized spacial score (nSPS) is 20.6. The van der Waals surface area contributed by atoms with Crippen molar-refractivity contribution >= 4 is 5.57 Å². The van der Waals surface area contributed by atoms with E-state index in [0.29, 0.717) is 0 Å². The van der Waals surface area contributed by atoms with Crippen molar-refractivity contribution in [3.8, 4) is 0 Å². The van der Waals surface area contributed by atoms with Gasteiger partial charge in [-0.1, -0.05) is 50.1 Å². The Kier molecular flexibility index (Phi) is 3.82. The maximum atomic E-state index is 2.48. The summed E-state index contributed by atoms with van der Waals surface area (Å²) in [6.45, 7) is 4.51. The topological polar surface area (TPSA) is 0 Å². The molecule has 1 aliphatic carbocycles. The van der Waals surface area contributed by atoms with Gasteiger partial charge < -0.3 is 0 Å². The lowest BCUT2D eigenvalue weighted by molar-refractivity contribution is 0.445. The van der Waals surface area contributed by atoms with Crippen LogP contribution < -0.4 is 0 Å². The molecule has 1 aliphatic rings. The lowest BCUT2D eigenvalue weighted by Gasteiger charge is -2.22. The second-order valence-electron chi connectivity index (χ2n) is 4.97. The highest BCUT2D eigenvalue weighted by Gasteiger charge is 2.15. The molecule has 86 valence electrons. The molecule has 1 unspecified atom stereocenters. The number of hydrogen-bond donors (Lipinski definition) is 0. The van der Waals surface area contributed by atoms with Crippen LogP contribution in [0.1, 0.15) is 50.2 Å². The van der Waals surface area contributed by atoms with E-state index >= 15 is 0 Å². The maximum absolute atomic E-state index is 2.48. The van der Waals surface area contributed by atoms with Crippen molar-refractivity contribution in [1.29, 1.82) is 0 Å². The molecule has 0 amide bonds. The molecule has 1 aromatic carbocycles. The molecule has 1 atom stereocenters. The molecule has 0 heteroatoms. The summed E-state index contributed by atoms with van der Waals surface area (Å²) in [5.74, 6) is 0.942. The largest absolute Gasteiger partial charge is 0.0804 e. The highest BCUT2D eigenvalue weighted by atomic mass is 14.2. The molecule has 0 saturated carbocycles. The average molecular weight is 214 g/mol. The second kappa shape index (κ2) is 5.34. The van der Waals surface area contributed by atoms with E-state index in [-0.39, 0.29) is 0 Å². The van der Waals surface area contributed by atoms with Crippen LogP contribution in [0.5, 0.6) is 0 Å². The molecule has 0 N–H and O–H groups in total. The Morgan fingerprint density at radius 2 is 2.06 bits per heavy atom. The van der Waals surface area contributed by atoms with E-state index in [4.69, 9.17) is 0 Å². The predicted molar refractivity (Wildman–Crippen MR) is 71.4 cm³/mol. The molecule has 1 aromatic rings. The van der Waals surface area contributed by atoms with Crippen molar-refractivity contribution in [2.75, 3.05) is 0 Å². The summed E-state index contributed by atoms with van der Waals surface area (Å²) >= 11 is 0. The van der Waals surface area contributed by atoms with Crippen LogP contribution in [0.4, 0.5) is 0 Å². The van der Waals surface area contributed by atoms with Crippen LogP contribution in [0, 0.1) is 12.8 Å². The monoisotopic (exact) mass is 214 g/mol. The second-order valence-corrected chi connectivity index (χ2v) is 4.97. The molecule has 0 aliphatic heterocycles. The fraction of sp³-hybridized carbons (Fsp3) is 0.500. The fourth-order valence-corrected chi connectivity index (χ4v) is 2.74. The van der Waals surface area contributed by atoms with Crippen LogP contribution in [0.2, 0.25) is 0 Å². The molecule has 16 heavy (non-hydrogen) atoms. The highest BCUT2D eigenvalue weighted by molar-refractivity contribution is 5.68. The number of allylic oxidation sites excluding steroid dienone is 2. The van der Waals surface area contributed by atoms with Crippen molar-refractivity contribution in [3.05, 3.63) is 41.5 Å². The Morgan fingerprint density at radius 3 is 2.69 bits per heavy atom. The molecule has 0 nitrogen and oxygen atoms in total. The van der Waals surface area contributed by atoms with Crippen LogP contribution >= 0.6 is 0 Å². The maximum Gasteiger partial charge on any atom is -0.0198 e. The minimum Gasteiger partial charge on any atom is -0.0804 e. The Labute approximate surface area is 99.4 Å². The van der Waals surface area contributed by atoms with Crippen molar-refractivity contribution in [1.82, 2.24) is 0 Å². The van der Waals surface area contributed by atoms with Gasteiger partial charge in [0.15, 0.2) is 0 Å². The third-order valence-corrected chi connectivity index (χ3v) is 3.71. The zero-order valence-electron chi connectivity index (χ0n) is 10.5. The SMILES string of the molecule is CCCC1CC=C(c2ccccc2C)CC1. The Hall–Kier alpha value is -1.04. The van der Waals surface area contributed by atoms with Gasteiger partial charge in [0, 0.05) is 0 Å². The number of aryl methyl sites for hydroxylation is 1. The minimum absolute atomic E-state index is 0.942. The summed E-state index contributed by atoms with van der Waals surface area (Å²) in [5.41, 5.74) is 4.46. The lowest BCUT2D eigenvalue weighted by atomic mass is 9.83. The van der Waals surface area contributed by atoms with Gasteiger partial charge in [-0.25, -0.2) is 0 Å². The summed E-state index contributed by atoms with van der Waals surface area (Å²) in [5, 5.41) is 0. The van der Waals surface area contributed by atoms with Gasteiger partial charge in [-0.3, -0.25) is 0 Å². The molecule has 0 bridgehead atoms. The van der Waals surface area contributed by atoms with E-state index in [0.717, 1.165) is 5.92 Å². The molecule has 0 fully saturated rings. The summed E-state index contributed by atoms with van der Waals surface area (Å²) in [7, 11) is 0. The zero-order valence-corrected chi connectivity index (χ0v) is 10.5. The molecule has 0 aromatic heterocycles. The molecule has 0 saturated heterocycles. The van der Waals surface area contributed by atoms with Gasteiger partial charge in [-0.15, -0.1) is 0 Å². The molecular weight excluding hydrogens is 192 g/mol. The van der Waals surface area contributed by atoms with Crippen LogP contribution in [0.15, 0.2) is 30.3 Å². The van der Waals surface area contributed by atoms with E-state index < -0.39 is 0 Å². The van der Waals surface area contributed by atoms with Crippen molar-refractivity contribution < 1.29 is 0 Å². The summed E-state index contributed by atoms with van der Waals surface area (Å²) in [6, 6.07) is 8.76. The van der Waals surface area contributed by atoms with Crippen molar-refractivity contribution in [2.24, 2.45) is 5.92 Å². The molecule has 0 radical (unpaired) electrons. The highest BCUT2D eigenvalue weighted by Crippen LogP contribution is 2.33. The number of rotatable bonds is 3. The van der Waals surface area contributed by atoms with Crippen LogP contribution in [-0.4, -0.2) is 0 Å². The van der Waals surface area contributed by atoms with E-state index in [1.807, 2.05) is 0 Å². The standard InChI is InChI=1S/C16H22/c1-3-6-14-9-11-15(12-10-14)16-8-5-4-7-13(16)2/h4-5,7-8,11,14H,3,6,9-10,12H2,1-2H3. The summed E-state index contributed by atoms with van der Waals surface area (Å²) < 4.78 is 0. The minimum atomic E-state index is 0.942. The number of hydrogen-bond acceptors (Lipinski definition) is 0. The fourth-order valence-electron chi connectivity index (χ4n) is 2.74. The van der Waals surface area contributed by atoms with E-state index in [1.165, 1.54) is 43.2 Å². The molecule has 0 spiro atoms. The van der Waals surface area contributed by atoms with Gasteiger partial charge in [0.25, 0.3) is 0 Å². The molecule has 2 rings (SSSR count). The van der Waals surface area contributed by atoms with Gasteiger partial charge in [-0.05, 0) is 48.8 Å². The van der Waals surface area contributed by atoms with Crippen LogP contribution in [0.3, 0.4) is 0 Å². The van der Waals surface area contributed by atoms with Crippen molar-refractivity contribution in [2.45, 2.75) is 46.0 Å².